The number of amides is 1. The van der Waals surface area contributed by atoms with Crippen LogP contribution >= 0.6 is 15.9 Å². The number of carbonyl (C=O) groups is 1. The first-order valence-corrected chi connectivity index (χ1v) is 9.34. The SMILES string of the molecule is CCCOc1ccc(/C=N/NC(=O)COc2ccc(Br)c(C)c2)cc1OC. The normalized spacial score (nSPS) is 10.7. The van der Waals surface area contributed by atoms with Gasteiger partial charge in [-0.05, 0) is 60.9 Å². The molecule has 0 radical (unpaired) electrons. The first kappa shape index (κ1) is 20.8. The maximum absolute atomic E-state index is 11.9. The van der Waals surface area contributed by atoms with Crippen molar-refractivity contribution in [2.24, 2.45) is 5.10 Å². The monoisotopic (exact) mass is 434 g/mol. The maximum atomic E-state index is 11.9. The van der Waals surface area contributed by atoms with Gasteiger partial charge in [0.15, 0.2) is 18.1 Å². The van der Waals surface area contributed by atoms with Crippen molar-refractivity contribution >= 4 is 28.1 Å². The third-order valence-electron chi connectivity index (χ3n) is 3.55. The van der Waals surface area contributed by atoms with Crippen LogP contribution in [-0.2, 0) is 4.79 Å². The number of aryl methyl sites for hydroxylation is 1. The summed E-state index contributed by atoms with van der Waals surface area (Å²) in [6.07, 6.45) is 2.45. The molecule has 0 aromatic heterocycles. The molecule has 2 aromatic carbocycles. The van der Waals surface area contributed by atoms with E-state index in [2.05, 4.69) is 26.5 Å². The maximum Gasteiger partial charge on any atom is 0.277 e. The topological polar surface area (TPSA) is 69.2 Å². The van der Waals surface area contributed by atoms with E-state index in [-0.39, 0.29) is 12.5 Å². The molecule has 0 unspecified atom stereocenters. The van der Waals surface area contributed by atoms with E-state index in [1.54, 1.807) is 19.2 Å². The average molecular weight is 435 g/mol. The highest BCUT2D eigenvalue weighted by molar-refractivity contribution is 9.10. The Hall–Kier alpha value is -2.54. The summed E-state index contributed by atoms with van der Waals surface area (Å²) in [7, 11) is 1.58. The number of methoxy groups -OCH3 is 1. The second-order valence-electron chi connectivity index (χ2n) is 5.75. The van der Waals surface area contributed by atoms with E-state index in [1.165, 1.54) is 6.21 Å². The van der Waals surface area contributed by atoms with Crippen LogP contribution in [0.3, 0.4) is 0 Å². The van der Waals surface area contributed by atoms with Crippen LogP contribution in [-0.4, -0.2) is 32.4 Å². The lowest BCUT2D eigenvalue weighted by atomic mass is 10.2. The van der Waals surface area contributed by atoms with Crippen molar-refractivity contribution in [2.45, 2.75) is 20.3 Å². The molecule has 0 saturated carbocycles. The van der Waals surface area contributed by atoms with E-state index in [4.69, 9.17) is 14.2 Å². The molecule has 27 heavy (non-hydrogen) atoms. The Labute approximate surface area is 167 Å². The number of ether oxygens (including phenoxy) is 3. The van der Waals surface area contributed by atoms with Gasteiger partial charge in [0.1, 0.15) is 5.75 Å². The Morgan fingerprint density at radius 3 is 2.70 bits per heavy atom. The van der Waals surface area contributed by atoms with Crippen molar-refractivity contribution < 1.29 is 19.0 Å². The predicted molar refractivity (Wildman–Crippen MR) is 109 cm³/mol. The minimum atomic E-state index is -0.346. The third-order valence-corrected chi connectivity index (χ3v) is 4.44. The van der Waals surface area contributed by atoms with Crippen LogP contribution in [0.5, 0.6) is 17.2 Å². The lowest BCUT2D eigenvalue weighted by Crippen LogP contribution is -2.24. The molecule has 0 bridgehead atoms. The summed E-state index contributed by atoms with van der Waals surface area (Å²) in [5, 5.41) is 3.94. The second-order valence-corrected chi connectivity index (χ2v) is 6.61. The largest absolute Gasteiger partial charge is 0.493 e. The molecule has 0 spiro atoms. The number of hydrogen-bond acceptors (Lipinski definition) is 5. The van der Waals surface area contributed by atoms with Gasteiger partial charge in [-0.2, -0.15) is 5.10 Å². The minimum Gasteiger partial charge on any atom is -0.493 e. The van der Waals surface area contributed by atoms with E-state index in [9.17, 15) is 4.79 Å². The summed E-state index contributed by atoms with van der Waals surface area (Å²) in [6, 6.07) is 11.0. The summed E-state index contributed by atoms with van der Waals surface area (Å²) >= 11 is 3.42. The van der Waals surface area contributed by atoms with Crippen molar-refractivity contribution in [2.75, 3.05) is 20.3 Å². The van der Waals surface area contributed by atoms with Gasteiger partial charge in [-0.3, -0.25) is 4.79 Å². The number of rotatable bonds is 9. The highest BCUT2D eigenvalue weighted by atomic mass is 79.9. The number of carbonyl (C=O) groups excluding carboxylic acids is 1. The molecule has 2 rings (SSSR count). The number of nitrogens with one attached hydrogen (secondary N) is 1. The van der Waals surface area contributed by atoms with Crippen LogP contribution < -0.4 is 19.6 Å². The van der Waals surface area contributed by atoms with Crippen LogP contribution in [0, 0.1) is 6.92 Å². The van der Waals surface area contributed by atoms with Gasteiger partial charge in [0.05, 0.1) is 19.9 Å². The van der Waals surface area contributed by atoms with Crippen molar-refractivity contribution in [3.05, 3.63) is 52.0 Å². The number of hydrogen-bond donors (Lipinski definition) is 1. The molecule has 7 heteroatoms. The molecular formula is C20H23BrN2O4. The van der Waals surface area contributed by atoms with Gasteiger partial charge in [0.25, 0.3) is 5.91 Å². The molecule has 6 nitrogen and oxygen atoms in total. The van der Waals surface area contributed by atoms with Gasteiger partial charge in [-0.1, -0.05) is 22.9 Å². The zero-order valence-corrected chi connectivity index (χ0v) is 17.2. The molecule has 0 aliphatic carbocycles. The molecule has 0 heterocycles. The van der Waals surface area contributed by atoms with Crippen LogP contribution in [0.15, 0.2) is 46.0 Å². The van der Waals surface area contributed by atoms with Gasteiger partial charge < -0.3 is 14.2 Å². The van der Waals surface area contributed by atoms with Crippen molar-refractivity contribution in [3.8, 4) is 17.2 Å². The fourth-order valence-corrected chi connectivity index (χ4v) is 2.41. The molecule has 1 N–H and O–H groups in total. The molecule has 0 aliphatic rings. The van der Waals surface area contributed by atoms with Crippen LogP contribution in [0.2, 0.25) is 0 Å². The summed E-state index contributed by atoms with van der Waals surface area (Å²) in [5.41, 5.74) is 4.25. The Bertz CT molecular complexity index is 809. The van der Waals surface area contributed by atoms with Crippen molar-refractivity contribution in [1.82, 2.24) is 5.43 Å². The van der Waals surface area contributed by atoms with E-state index >= 15 is 0 Å². The number of benzene rings is 2. The first-order valence-electron chi connectivity index (χ1n) is 8.55. The summed E-state index contributed by atoms with van der Waals surface area (Å²) in [6.45, 7) is 4.50. The van der Waals surface area contributed by atoms with Crippen molar-refractivity contribution in [1.29, 1.82) is 0 Å². The molecule has 144 valence electrons. The summed E-state index contributed by atoms with van der Waals surface area (Å²) < 4.78 is 17.4. The van der Waals surface area contributed by atoms with E-state index in [0.29, 0.717) is 23.9 Å². The third kappa shape index (κ3) is 6.60. The van der Waals surface area contributed by atoms with Gasteiger partial charge in [-0.15, -0.1) is 0 Å². The highest BCUT2D eigenvalue weighted by Gasteiger charge is 2.05. The lowest BCUT2D eigenvalue weighted by Gasteiger charge is -2.10. The summed E-state index contributed by atoms with van der Waals surface area (Å²) in [5.74, 6) is 1.58. The number of nitrogens with zero attached hydrogens (tertiary/aromatic N) is 1. The minimum absolute atomic E-state index is 0.120. The first-order chi connectivity index (χ1) is 13.0. The Morgan fingerprint density at radius 1 is 1.19 bits per heavy atom. The van der Waals surface area contributed by atoms with Gasteiger partial charge >= 0.3 is 0 Å². The van der Waals surface area contributed by atoms with E-state index < -0.39 is 0 Å². The fraction of sp³-hybridized carbons (Fsp3) is 0.300. The standard InChI is InChI=1S/C20H23BrN2O4/c1-4-9-26-18-8-5-15(11-19(18)25-3)12-22-23-20(24)13-27-16-6-7-17(21)14(2)10-16/h5-8,10-12H,4,9,13H2,1-3H3,(H,23,24)/b22-12+. The Morgan fingerprint density at radius 2 is 2.00 bits per heavy atom. The molecule has 1 amide bonds. The molecule has 0 saturated heterocycles. The summed E-state index contributed by atoms with van der Waals surface area (Å²) in [4.78, 5) is 11.9. The predicted octanol–water partition coefficient (Wildman–Crippen LogP) is 4.08. The molecule has 0 fully saturated rings. The molecule has 0 aliphatic heterocycles. The second kappa shape index (κ2) is 10.6. The number of halogens is 1. The number of hydrazone groups is 1. The van der Waals surface area contributed by atoms with E-state index in [1.807, 2.05) is 38.1 Å². The smallest absolute Gasteiger partial charge is 0.277 e. The lowest BCUT2D eigenvalue weighted by molar-refractivity contribution is -0.123. The van der Waals surface area contributed by atoms with Crippen LogP contribution in [0.4, 0.5) is 0 Å². The quantitative estimate of drug-likeness (QED) is 0.476. The zero-order chi connectivity index (χ0) is 19.6. The molecule has 2 aromatic rings. The van der Waals surface area contributed by atoms with Gasteiger partial charge in [-0.25, -0.2) is 5.43 Å². The van der Waals surface area contributed by atoms with E-state index in [0.717, 1.165) is 22.0 Å². The molecular weight excluding hydrogens is 412 g/mol. The Kier molecular flexibility index (Phi) is 8.13. The average Bonchev–Trinajstić information content (AvgIpc) is 2.67. The van der Waals surface area contributed by atoms with Crippen LogP contribution in [0.25, 0.3) is 0 Å². The van der Waals surface area contributed by atoms with Crippen LogP contribution in [0.1, 0.15) is 24.5 Å². The van der Waals surface area contributed by atoms with Gasteiger partial charge in [0, 0.05) is 4.47 Å². The van der Waals surface area contributed by atoms with Crippen molar-refractivity contribution in [3.63, 3.8) is 0 Å². The fourth-order valence-electron chi connectivity index (χ4n) is 2.16. The highest BCUT2D eigenvalue weighted by Crippen LogP contribution is 2.27. The molecule has 0 atom stereocenters. The zero-order valence-electron chi connectivity index (χ0n) is 15.6. The van der Waals surface area contributed by atoms with Gasteiger partial charge in [0.2, 0.25) is 0 Å². The Balaban J connectivity index is 1.86.